The number of ether oxygens (including phenoxy) is 1. The summed E-state index contributed by atoms with van der Waals surface area (Å²) < 4.78 is 7.30. The third-order valence-electron chi connectivity index (χ3n) is 5.23. The molecule has 0 saturated carbocycles. The summed E-state index contributed by atoms with van der Waals surface area (Å²) in [6.45, 7) is 0.541. The summed E-state index contributed by atoms with van der Waals surface area (Å²) in [5, 5.41) is 14.7. The van der Waals surface area contributed by atoms with Gasteiger partial charge in [-0.05, 0) is 48.0 Å². The van der Waals surface area contributed by atoms with Crippen molar-refractivity contribution in [1.29, 1.82) is 5.26 Å². The molecule has 0 aliphatic heterocycles. The molecule has 1 N–H and O–H groups in total. The monoisotopic (exact) mass is 509 g/mol. The fourth-order valence-electron chi connectivity index (χ4n) is 3.63. The van der Waals surface area contributed by atoms with E-state index in [0.717, 1.165) is 22.0 Å². The lowest BCUT2D eigenvalue weighted by molar-refractivity contribution is -0.112. The van der Waals surface area contributed by atoms with E-state index in [-0.39, 0.29) is 5.57 Å². The van der Waals surface area contributed by atoms with Crippen LogP contribution in [-0.4, -0.2) is 17.6 Å². The molecule has 1 amide bonds. The molecular weight excluding hydrogens is 493 g/mol. The number of anilines is 1. The van der Waals surface area contributed by atoms with Crippen LogP contribution in [-0.2, 0) is 11.3 Å². The number of nitrogens with one attached hydrogen (secondary N) is 1. The van der Waals surface area contributed by atoms with Crippen molar-refractivity contribution in [2.24, 2.45) is 0 Å². The fraction of sp³-hybridized carbons (Fsp3) is 0.0769. The molecule has 0 spiro atoms. The van der Waals surface area contributed by atoms with Gasteiger partial charge in [-0.2, -0.15) is 5.26 Å². The molecular formula is C26H18Cl3N3O2. The van der Waals surface area contributed by atoms with E-state index in [1.807, 2.05) is 53.2 Å². The largest absolute Gasteiger partial charge is 0.495 e. The molecule has 0 aliphatic rings. The molecule has 3 aromatic carbocycles. The highest BCUT2D eigenvalue weighted by molar-refractivity contribution is 6.42. The molecule has 34 heavy (non-hydrogen) atoms. The third kappa shape index (κ3) is 5.05. The predicted molar refractivity (Wildman–Crippen MR) is 138 cm³/mol. The number of halogens is 3. The molecule has 4 rings (SSSR count). The molecule has 0 bridgehead atoms. The normalized spacial score (nSPS) is 11.3. The van der Waals surface area contributed by atoms with Crippen LogP contribution in [0.15, 0.2) is 72.4 Å². The Morgan fingerprint density at radius 2 is 1.88 bits per heavy atom. The minimum atomic E-state index is -0.565. The van der Waals surface area contributed by atoms with E-state index in [4.69, 9.17) is 39.5 Å². The van der Waals surface area contributed by atoms with Crippen LogP contribution in [0.1, 0.15) is 11.1 Å². The summed E-state index contributed by atoms with van der Waals surface area (Å²) in [5.74, 6) is -0.127. The van der Waals surface area contributed by atoms with Crippen molar-refractivity contribution in [3.05, 3.63) is 98.6 Å². The number of aromatic nitrogens is 1. The number of benzene rings is 3. The van der Waals surface area contributed by atoms with Crippen molar-refractivity contribution in [3.8, 4) is 11.8 Å². The van der Waals surface area contributed by atoms with Gasteiger partial charge in [0.05, 0.1) is 22.8 Å². The highest BCUT2D eigenvalue weighted by Crippen LogP contribution is 2.29. The van der Waals surface area contributed by atoms with Crippen molar-refractivity contribution in [1.82, 2.24) is 4.57 Å². The van der Waals surface area contributed by atoms with E-state index >= 15 is 0 Å². The number of rotatable bonds is 6. The van der Waals surface area contributed by atoms with Crippen LogP contribution < -0.4 is 10.1 Å². The SMILES string of the molecule is COc1ccc(Cl)cc1NC(=O)/C(C#N)=C/c1cn(Cc2ccc(Cl)c(Cl)c2)c2ccccc12. The molecule has 5 nitrogen and oxygen atoms in total. The fourth-order valence-corrected chi connectivity index (χ4v) is 4.12. The average molecular weight is 511 g/mol. The Labute approximate surface area is 211 Å². The minimum Gasteiger partial charge on any atom is -0.495 e. The standard InChI is InChI=1S/C26H18Cl3N3O2/c1-34-25-9-7-19(27)12-23(25)31-26(33)17(13-30)11-18-15-32(24-5-3-2-4-20(18)24)14-16-6-8-21(28)22(29)10-16/h2-12,15H,14H2,1H3,(H,31,33)/b17-11+. The van der Waals surface area contributed by atoms with Crippen molar-refractivity contribution in [2.45, 2.75) is 6.54 Å². The first-order valence-electron chi connectivity index (χ1n) is 10.2. The lowest BCUT2D eigenvalue weighted by atomic mass is 10.1. The third-order valence-corrected chi connectivity index (χ3v) is 6.21. The zero-order valence-electron chi connectivity index (χ0n) is 18.0. The Hall–Kier alpha value is -3.43. The summed E-state index contributed by atoms with van der Waals surface area (Å²) >= 11 is 18.3. The van der Waals surface area contributed by atoms with Crippen LogP contribution in [0.5, 0.6) is 5.75 Å². The highest BCUT2D eigenvalue weighted by atomic mass is 35.5. The number of carbonyl (C=O) groups is 1. The van der Waals surface area contributed by atoms with Gasteiger partial charge >= 0.3 is 0 Å². The van der Waals surface area contributed by atoms with Crippen molar-refractivity contribution >= 4 is 63.4 Å². The van der Waals surface area contributed by atoms with Gasteiger partial charge in [-0.25, -0.2) is 0 Å². The molecule has 0 radical (unpaired) electrons. The van der Waals surface area contributed by atoms with Gasteiger partial charge in [-0.1, -0.05) is 59.1 Å². The van der Waals surface area contributed by atoms with Crippen molar-refractivity contribution in [2.75, 3.05) is 12.4 Å². The van der Waals surface area contributed by atoms with Gasteiger partial charge in [0.2, 0.25) is 0 Å². The summed E-state index contributed by atoms with van der Waals surface area (Å²) in [5.41, 5.74) is 2.98. The number of nitriles is 1. The smallest absolute Gasteiger partial charge is 0.266 e. The van der Waals surface area contributed by atoms with Gasteiger partial charge in [0.1, 0.15) is 17.4 Å². The van der Waals surface area contributed by atoms with Crippen LogP contribution in [0.25, 0.3) is 17.0 Å². The first kappa shape index (κ1) is 23.7. The number of fused-ring (bicyclic) bond motifs is 1. The number of hydrogen-bond acceptors (Lipinski definition) is 3. The quantitative estimate of drug-likeness (QED) is 0.220. The number of nitrogens with zero attached hydrogens (tertiary/aromatic N) is 2. The number of methoxy groups -OCH3 is 1. The lowest BCUT2D eigenvalue weighted by Gasteiger charge is -2.10. The molecule has 0 fully saturated rings. The van der Waals surface area contributed by atoms with E-state index in [2.05, 4.69) is 5.32 Å². The maximum absolute atomic E-state index is 12.9. The lowest BCUT2D eigenvalue weighted by Crippen LogP contribution is -2.14. The Balaban J connectivity index is 1.69. The zero-order valence-corrected chi connectivity index (χ0v) is 20.2. The van der Waals surface area contributed by atoms with Crippen molar-refractivity contribution in [3.63, 3.8) is 0 Å². The minimum absolute atomic E-state index is 0.0560. The van der Waals surface area contributed by atoms with Crippen molar-refractivity contribution < 1.29 is 9.53 Å². The van der Waals surface area contributed by atoms with Gasteiger partial charge in [0, 0.05) is 34.2 Å². The van der Waals surface area contributed by atoms with Gasteiger partial charge in [0.15, 0.2) is 0 Å². The van der Waals surface area contributed by atoms with Crippen LogP contribution in [0, 0.1) is 11.3 Å². The van der Waals surface area contributed by atoms with Crippen LogP contribution >= 0.6 is 34.8 Å². The Morgan fingerprint density at radius 1 is 1.09 bits per heavy atom. The topological polar surface area (TPSA) is 67.0 Å². The van der Waals surface area contributed by atoms with E-state index < -0.39 is 5.91 Å². The van der Waals surface area contributed by atoms with E-state index in [9.17, 15) is 10.1 Å². The zero-order chi connectivity index (χ0) is 24.2. The summed E-state index contributed by atoms with van der Waals surface area (Å²) in [4.78, 5) is 12.9. The Kier molecular flexibility index (Phi) is 7.14. The van der Waals surface area contributed by atoms with Gasteiger partial charge in [-0.3, -0.25) is 4.79 Å². The summed E-state index contributed by atoms with van der Waals surface area (Å²) in [6, 6.07) is 20.1. The molecule has 1 aromatic heterocycles. The number of para-hydroxylation sites is 1. The summed E-state index contributed by atoms with van der Waals surface area (Å²) in [7, 11) is 1.49. The molecule has 8 heteroatoms. The van der Waals surface area contributed by atoms with Gasteiger partial charge in [0.25, 0.3) is 5.91 Å². The van der Waals surface area contributed by atoms with Gasteiger partial charge in [-0.15, -0.1) is 0 Å². The maximum Gasteiger partial charge on any atom is 0.266 e. The maximum atomic E-state index is 12.9. The predicted octanol–water partition coefficient (Wildman–Crippen LogP) is 7.20. The average Bonchev–Trinajstić information content (AvgIpc) is 3.17. The first-order valence-corrected chi connectivity index (χ1v) is 11.3. The Bertz CT molecular complexity index is 1470. The number of amides is 1. The molecule has 4 aromatic rings. The molecule has 1 heterocycles. The molecule has 0 unspecified atom stereocenters. The highest BCUT2D eigenvalue weighted by Gasteiger charge is 2.15. The summed E-state index contributed by atoms with van der Waals surface area (Å²) in [6.07, 6.45) is 3.47. The molecule has 170 valence electrons. The molecule has 0 aliphatic carbocycles. The van der Waals surface area contributed by atoms with E-state index in [1.54, 1.807) is 30.3 Å². The Morgan fingerprint density at radius 3 is 2.62 bits per heavy atom. The molecule has 0 saturated heterocycles. The first-order chi connectivity index (χ1) is 16.4. The second kappa shape index (κ2) is 10.2. The van der Waals surface area contributed by atoms with Crippen LogP contribution in [0.4, 0.5) is 5.69 Å². The van der Waals surface area contributed by atoms with Crippen LogP contribution in [0.2, 0.25) is 15.1 Å². The van der Waals surface area contributed by atoms with E-state index in [1.165, 1.54) is 7.11 Å². The molecule has 0 atom stereocenters. The second-order valence-electron chi connectivity index (χ2n) is 7.45. The van der Waals surface area contributed by atoms with Gasteiger partial charge < -0.3 is 14.6 Å². The second-order valence-corrected chi connectivity index (χ2v) is 8.70. The van der Waals surface area contributed by atoms with Crippen LogP contribution in [0.3, 0.4) is 0 Å². The number of carbonyl (C=O) groups excluding carboxylic acids is 1. The van der Waals surface area contributed by atoms with E-state index in [0.29, 0.717) is 33.0 Å². The number of hydrogen-bond donors (Lipinski definition) is 1.